The van der Waals surface area contributed by atoms with Gasteiger partial charge in [0.05, 0.1) is 17.5 Å². The minimum absolute atomic E-state index is 0.00455. The van der Waals surface area contributed by atoms with E-state index in [0.29, 0.717) is 5.75 Å². The molecule has 7 heteroatoms. The third-order valence-corrected chi connectivity index (χ3v) is 6.36. The van der Waals surface area contributed by atoms with Crippen molar-refractivity contribution in [3.8, 4) is 11.8 Å². The Morgan fingerprint density at radius 1 is 1.19 bits per heavy atom. The van der Waals surface area contributed by atoms with Crippen LogP contribution in [0.3, 0.4) is 0 Å². The fourth-order valence-corrected chi connectivity index (χ4v) is 5.35. The van der Waals surface area contributed by atoms with Gasteiger partial charge in [0.15, 0.2) is 6.61 Å². The molecule has 1 saturated heterocycles. The molecule has 7 nitrogen and oxygen atoms in total. The Hall–Kier alpha value is -2.88. The van der Waals surface area contributed by atoms with Crippen molar-refractivity contribution < 1.29 is 19.2 Å². The Kier molecular flexibility index (Phi) is 3.14. The van der Waals surface area contributed by atoms with Crippen LogP contribution in [-0.4, -0.2) is 42.2 Å². The Labute approximate surface area is 150 Å². The Morgan fingerprint density at radius 3 is 2.58 bits per heavy atom. The maximum atomic E-state index is 12.5. The van der Waals surface area contributed by atoms with E-state index in [4.69, 9.17) is 14.8 Å². The van der Waals surface area contributed by atoms with Crippen LogP contribution in [0.25, 0.3) is 0 Å². The third-order valence-electron chi connectivity index (χ3n) is 6.36. The van der Waals surface area contributed by atoms with Crippen molar-refractivity contribution >= 4 is 17.5 Å². The topological polar surface area (TPSA) is 92.0 Å². The average molecular weight is 351 g/mol. The molecular formula is C19H17N3O4. The zero-order valence-electron chi connectivity index (χ0n) is 14.2. The van der Waals surface area contributed by atoms with Gasteiger partial charge in [0.25, 0.3) is 0 Å². The summed E-state index contributed by atoms with van der Waals surface area (Å²) in [5.41, 5.74) is 1.78. The van der Waals surface area contributed by atoms with Crippen molar-refractivity contribution in [1.29, 1.82) is 5.26 Å². The number of rotatable bonds is 3. The highest BCUT2D eigenvalue weighted by atomic mass is 16.6. The first-order valence-electron chi connectivity index (χ1n) is 8.77. The lowest BCUT2D eigenvalue weighted by molar-refractivity contribution is -0.139. The Morgan fingerprint density at radius 2 is 1.88 bits per heavy atom. The molecule has 2 aliphatic carbocycles. The summed E-state index contributed by atoms with van der Waals surface area (Å²) in [4.78, 5) is 32.0. The van der Waals surface area contributed by atoms with E-state index in [0.717, 1.165) is 17.7 Å². The first-order valence-corrected chi connectivity index (χ1v) is 8.77. The maximum absolute atomic E-state index is 12.5. The molecule has 2 heterocycles. The van der Waals surface area contributed by atoms with Gasteiger partial charge < -0.3 is 9.57 Å². The molecule has 0 spiro atoms. The molecule has 2 bridgehead atoms. The predicted molar refractivity (Wildman–Crippen MR) is 88.8 cm³/mol. The van der Waals surface area contributed by atoms with Gasteiger partial charge in [-0.1, -0.05) is 5.16 Å². The highest BCUT2D eigenvalue weighted by molar-refractivity contribution is 6.08. The van der Waals surface area contributed by atoms with Crippen LogP contribution in [0.2, 0.25) is 0 Å². The third kappa shape index (κ3) is 1.84. The van der Waals surface area contributed by atoms with Gasteiger partial charge in [0.2, 0.25) is 11.8 Å². The summed E-state index contributed by atoms with van der Waals surface area (Å²) in [6.07, 6.45) is 0.729. The predicted octanol–water partition coefficient (Wildman–Crippen LogP) is 1.19. The molecule has 5 rings (SSSR count). The molecule has 0 N–H and O–H groups in total. The van der Waals surface area contributed by atoms with Crippen molar-refractivity contribution in [3.63, 3.8) is 0 Å². The fourth-order valence-electron chi connectivity index (χ4n) is 5.35. The maximum Gasteiger partial charge on any atom is 0.233 e. The van der Waals surface area contributed by atoms with Gasteiger partial charge >= 0.3 is 0 Å². The quantitative estimate of drug-likeness (QED) is 0.763. The molecule has 1 aromatic rings. The second-order valence-corrected chi connectivity index (χ2v) is 7.39. The normalized spacial score (nSPS) is 36.5. The summed E-state index contributed by atoms with van der Waals surface area (Å²) in [5, 5.41) is 12.9. The van der Waals surface area contributed by atoms with Crippen LogP contribution < -0.4 is 4.74 Å². The van der Waals surface area contributed by atoms with E-state index in [9.17, 15) is 9.59 Å². The largest absolute Gasteiger partial charge is 0.479 e. The molecule has 2 amide bonds. The van der Waals surface area contributed by atoms with Crippen molar-refractivity contribution in [1.82, 2.24) is 4.90 Å². The minimum atomic E-state index is -0.241. The number of fused-ring (bicyclic) bond motifs is 8. The molecule has 1 aromatic carbocycles. The summed E-state index contributed by atoms with van der Waals surface area (Å²) >= 11 is 0. The molecule has 3 fully saturated rings. The number of hydrogen-bond donors (Lipinski definition) is 0. The first kappa shape index (κ1) is 15.4. The highest BCUT2D eigenvalue weighted by Crippen LogP contribution is 2.61. The molecule has 2 saturated carbocycles. The van der Waals surface area contributed by atoms with Gasteiger partial charge in [-0.05, 0) is 36.6 Å². The lowest BCUT2D eigenvalue weighted by atomic mass is 9.71. The van der Waals surface area contributed by atoms with E-state index in [2.05, 4.69) is 5.16 Å². The zero-order chi connectivity index (χ0) is 18.0. The van der Waals surface area contributed by atoms with E-state index < -0.39 is 0 Å². The molecule has 0 aromatic heterocycles. The van der Waals surface area contributed by atoms with Gasteiger partial charge in [-0.2, -0.15) is 5.26 Å². The second kappa shape index (κ2) is 5.31. The van der Waals surface area contributed by atoms with Gasteiger partial charge in [-0.25, -0.2) is 0 Å². The first-order chi connectivity index (χ1) is 12.6. The second-order valence-electron chi connectivity index (χ2n) is 7.39. The van der Waals surface area contributed by atoms with Crippen LogP contribution in [0.4, 0.5) is 0 Å². The molecule has 4 aliphatic rings. The van der Waals surface area contributed by atoms with Crippen LogP contribution in [0, 0.1) is 40.9 Å². The summed E-state index contributed by atoms with van der Waals surface area (Å²) < 4.78 is 5.28. The van der Waals surface area contributed by atoms with Crippen molar-refractivity contribution in [2.45, 2.75) is 12.5 Å². The number of ether oxygens (including phenoxy) is 1. The molecule has 6 atom stereocenters. The monoisotopic (exact) mass is 351 g/mol. The van der Waals surface area contributed by atoms with E-state index in [1.54, 1.807) is 19.2 Å². The number of nitriles is 1. The number of carbonyl (C=O) groups is 2. The van der Waals surface area contributed by atoms with Crippen molar-refractivity contribution in [2.24, 2.45) is 34.7 Å². The van der Waals surface area contributed by atoms with Crippen LogP contribution >= 0.6 is 0 Å². The Balaban J connectivity index is 1.42. The molecule has 2 aliphatic heterocycles. The van der Waals surface area contributed by atoms with Crippen LogP contribution in [0.5, 0.6) is 5.75 Å². The molecular weight excluding hydrogens is 334 g/mol. The Bertz CT molecular complexity index is 872. The number of hydrogen-bond acceptors (Lipinski definition) is 6. The number of nitrogens with zero attached hydrogens (tertiary/aromatic N) is 3. The summed E-state index contributed by atoms with van der Waals surface area (Å²) in [6, 6.07) is 9.34. The summed E-state index contributed by atoms with van der Waals surface area (Å²) in [6.45, 7) is 0.00455. The lowest BCUT2D eigenvalue weighted by Crippen LogP contribution is -2.41. The van der Waals surface area contributed by atoms with E-state index in [1.165, 1.54) is 4.90 Å². The number of carbonyl (C=O) groups excluding carboxylic acids is 2. The molecule has 132 valence electrons. The lowest BCUT2D eigenvalue weighted by Gasteiger charge is -2.29. The minimum Gasteiger partial charge on any atom is -0.479 e. The fraction of sp³-hybridized carbons (Fsp3) is 0.474. The van der Waals surface area contributed by atoms with Gasteiger partial charge in [-0.15, -0.1) is 0 Å². The van der Waals surface area contributed by atoms with Crippen LogP contribution in [0.15, 0.2) is 29.4 Å². The average Bonchev–Trinajstić information content (AvgIpc) is 3.38. The molecule has 0 radical (unpaired) electrons. The number of benzene rings is 1. The highest BCUT2D eigenvalue weighted by Gasteiger charge is 2.69. The standard InChI is InChI=1S/C19H17N3O4/c1-22-18(23)13-11-8-12(14(13)19(22)24)17-15(11)16(21-26-17)9-2-4-10(5-3-9)25-7-6-20/h2-5,11-15,17H,7-8H2,1H3/t11-,12+,13-,14+,15-,17-/m1/s1. The zero-order valence-corrected chi connectivity index (χ0v) is 14.2. The van der Waals surface area contributed by atoms with E-state index >= 15 is 0 Å². The van der Waals surface area contributed by atoms with E-state index in [-0.39, 0.29) is 54.1 Å². The molecule has 26 heavy (non-hydrogen) atoms. The number of amides is 2. The number of oxime groups is 1. The van der Waals surface area contributed by atoms with E-state index in [1.807, 2.05) is 18.2 Å². The van der Waals surface area contributed by atoms with Crippen LogP contribution in [0.1, 0.15) is 12.0 Å². The smallest absolute Gasteiger partial charge is 0.233 e. The van der Waals surface area contributed by atoms with Crippen LogP contribution in [-0.2, 0) is 14.4 Å². The SMILES string of the molecule is CN1C(=O)[C@@H]2[C@H]3C[C@H]([C@H]4ON=C(c5ccc(OCC#N)cc5)[C@@H]34)[C@@H]2C1=O. The summed E-state index contributed by atoms with van der Waals surface area (Å²) in [5.74, 6) is 0.245. The molecule has 0 unspecified atom stereocenters. The van der Waals surface area contributed by atoms with Crippen molar-refractivity contribution in [3.05, 3.63) is 29.8 Å². The van der Waals surface area contributed by atoms with Gasteiger partial charge in [-0.3, -0.25) is 14.5 Å². The van der Waals surface area contributed by atoms with Gasteiger partial charge in [0, 0.05) is 24.4 Å². The number of likely N-dealkylation sites (tertiary alicyclic amines) is 1. The van der Waals surface area contributed by atoms with Crippen molar-refractivity contribution in [2.75, 3.05) is 13.7 Å². The summed E-state index contributed by atoms with van der Waals surface area (Å²) in [7, 11) is 1.58. The van der Waals surface area contributed by atoms with Gasteiger partial charge in [0.1, 0.15) is 17.9 Å². The number of imide groups is 1.